The lowest BCUT2D eigenvalue weighted by atomic mass is 10.1. The standard InChI is InChI=1S/C15H18Cl2O3/c16-13-7-5-11(9-14(13)17)4-6-12(18)10-20-15-3-1-2-8-19-15/h5-7,9,15,18H,1-4,8,10H2/b12-6-. The molecule has 1 saturated heterocycles. The highest BCUT2D eigenvalue weighted by atomic mass is 35.5. The summed E-state index contributed by atoms with van der Waals surface area (Å²) in [6.07, 6.45) is 5.18. The minimum Gasteiger partial charge on any atom is -0.510 e. The summed E-state index contributed by atoms with van der Waals surface area (Å²) in [5.74, 6) is 0.199. The maximum Gasteiger partial charge on any atom is 0.158 e. The van der Waals surface area contributed by atoms with Crippen molar-refractivity contribution >= 4 is 23.2 Å². The Balaban J connectivity index is 1.79. The quantitative estimate of drug-likeness (QED) is 0.812. The first kappa shape index (κ1) is 15.6. The van der Waals surface area contributed by atoms with Gasteiger partial charge in [0.05, 0.1) is 10.0 Å². The van der Waals surface area contributed by atoms with Crippen LogP contribution in [0.25, 0.3) is 0 Å². The summed E-state index contributed by atoms with van der Waals surface area (Å²) in [7, 11) is 0. The van der Waals surface area contributed by atoms with Crippen molar-refractivity contribution < 1.29 is 14.6 Å². The number of allylic oxidation sites excluding steroid dienone is 1. The lowest BCUT2D eigenvalue weighted by Gasteiger charge is -2.22. The van der Waals surface area contributed by atoms with Crippen LogP contribution in [0.1, 0.15) is 24.8 Å². The van der Waals surface area contributed by atoms with Crippen molar-refractivity contribution in [3.8, 4) is 0 Å². The van der Waals surface area contributed by atoms with Crippen molar-refractivity contribution in [2.24, 2.45) is 0 Å². The first-order chi connectivity index (χ1) is 9.65. The van der Waals surface area contributed by atoms with Crippen LogP contribution >= 0.6 is 23.2 Å². The normalized spacial score (nSPS) is 20.1. The van der Waals surface area contributed by atoms with Gasteiger partial charge in [0, 0.05) is 6.61 Å². The summed E-state index contributed by atoms with van der Waals surface area (Å²) in [6.45, 7) is 0.907. The molecule has 0 aliphatic carbocycles. The van der Waals surface area contributed by atoms with E-state index in [4.69, 9.17) is 32.7 Å². The zero-order chi connectivity index (χ0) is 14.4. The smallest absolute Gasteiger partial charge is 0.158 e. The van der Waals surface area contributed by atoms with Gasteiger partial charge in [0.25, 0.3) is 0 Å². The maximum atomic E-state index is 9.79. The first-order valence-electron chi connectivity index (χ1n) is 6.70. The van der Waals surface area contributed by atoms with Crippen LogP contribution in [-0.4, -0.2) is 24.6 Å². The van der Waals surface area contributed by atoms with E-state index in [1.807, 2.05) is 6.07 Å². The summed E-state index contributed by atoms with van der Waals surface area (Å²) in [6, 6.07) is 5.42. The minimum atomic E-state index is -0.190. The number of benzene rings is 1. The van der Waals surface area contributed by atoms with Crippen molar-refractivity contribution in [1.82, 2.24) is 0 Å². The highest BCUT2D eigenvalue weighted by molar-refractivity contribution is 6.42. The molecule has 1 aromatic carbocycles. The van der Waals surface area contributed by atoms with Gasteiger partial charge >= 0.3 is 0 Å². The molecule has 0 bridgehead atoms. The number of hydrogen-bond donors (Lipinski definition) is 1. The van der Waals surface area contributed by atoms with Crippen LogP contribution < -0.4 is 0 Å². The number of rotatable bonds is 5. The number of aliphatic hydroxyl groups is 1. The van der Waals surface area contributed by atoms with Gasteiger partial charge in [-0.2, -0.15) is 0 Å². The zero-order valence-corrected chi connectivity index (χ0v) is 12.7. The van der Waals surface area contributed by atoms with Gasteiger partial charge in [-0.05, 0) is 49.5 Å². The highest BCUT2D eigenvalue weighted by Gasteiger charge is 2.14. The Morgan fingerprint density at radius 2 is 2.20 bits per heavy atom. The fourth-order valence-corrected chi connectivity index (χ4v) is 2.30. The Labute approximate surface area is 129 Å². The van der Waals surface area contributed by atoms with E-state index in [1.54, 1.807) is 18.2 Å². The highest BCUT2D eigenvalue weighted by Crippen LogP contribution is 2.23. The molecule has 0 aromatic heterocycles. The van der Waals surface area contributed by atoms with Crippen LogP contribution in [0.5, 0.6) is 0 Å². The molecule has 1 N–H and O–H groups in total. The molecule has 1 aromatic rings. The molecule has 20 heavy (non-hydrogen) atoms. The second-order valence-electron chi connectivity index (χ2n) is 4.76. The minimum absolute atomic E-state index is 0.173. The first-order valence-corrected chi connectivity index (χ1v) is 7.46. The molecular weight excluding hydrogens is 299 g/mol. The molecular formula is C15H18Cl2O3. The van der Waals surface area contributed by atoms with E-state index in [-0.39, 0.29) is 18.7 Å². The van der Waals surface area contributed by atoms with Crippen LogP contribution in [0.3, 0.4) is 0 Å². The molecule has 1 heterocycles. The molecule has 0 saturated carbocycles. The van der Waals surface area contributed by atoms with Gasteiger partial charge in [0.1, 0.15) is 12.4 Å². The van der Waals surface area contributed by atoms with E-state index in [9.17, 15) is 5.11 Å². The van der Waals surface area contributed by atoms with Gasteiger partial charge < -0.3 is 14.6 Å². The molecule has 110 valence electrons. The number of aliphatic hydroxyl groups excluding tert-OH is 1. The predicted molar refractivity (Wildman–Crippen MR) is 80.4 cm³/mol. The van der Waals surface area contributed by atoms with E-state index >= 15 is 0 Å². The van der Waals surface area contributed by atoms with Crippen LogP contribution in [0.15, 0.2) is 30.0 Å². The molecule has 2 rings (SSSR count). The van der Waals surface area contributed by atoms with Gasteiger partial charge in [-0.1, -0.05) is 29.3 Å². The largest absolute Gasteiger partial charge is 0.510 e. The molecule has 0 amide bonds. The number of hydrogen-bond acceptors (Lipinski definition) is 3. The zero-order valence-electron chi connectivity index (χ0n) is 11.1. The average molecular weight is 317 g/mol. The molecule has 1 aliphatic heterocycles. The molecule has 0 radical (unpaired) electrons. The molecule has 0 spiro atoms. The van der Waals surface area contributed by atoms with E-state index in [0.29, 0.717) is 16.5 Å². The molecule has 5 heteroatoms. The summed E-state index contributed by atoms with van der Waals surface area (Å²) < 4.78 is 10.9. The summed E-state index contributed by atoms with van der Waals surface area (Å²) in [5, 5.41) is 10.8. The van der Waals surface area contributed by atoms with Gasteiger partial charge in [0.15, 0.2) is 6.29 Å². The number of halogens is 2. The van der Waals surface area contributed by atoms with Gasteiger partial charge in [-0.25, -0.2) is 0 Å². The fraction of sp³-hybridized carbons (Fsp3) is 0.467. The summed E-state index contributed by atoms with van der Waals surface area (Å²) >= 11 is 11.8. The summed E-state index contributed by atoms with van der Waals surface area (Å²) in [5.41, 5.74) is 0.986. The lowest BCUT2D eigenvalue weighted by Crippen LogP contribution is -2.23. The van der Waals surface area contributed by atoms with Crippen molar-refractivity contribution in [3.63, 3.8) is 0 Å². The van der Waals surface area contributed by atoms with Gasteiger partial charge in [-0.15, -0.1) is 0 Å². The van der Waals surface area contributed by atoms with Crippen molar-refractivity contribution in [2.45, 2.75) is 32.0 Å². The van der Waals surface area contributed by atoms with E-state index in [1.165, 1.54) is 0 Å². The molecule has 1 aliphatic rings. The van der Waals surface area contributed by atoms with Crippen molar-refractivity contribution in [3.05, 3.63) is 45.6 Å². The van der Waals surface area contributed by atoms with Crippen LogP contribution in [0.4, 0.5) is 0 Å². The van der Waals surface area contributed by atoms with E-state index in [2.05, 4.69) is 0 Å². The Morgan fingerprint density at radius 3 is 2.90 bits per heavy atom. The third-order valence-corrected chi connectivity index (χ3v) is 3.85. The molecule has 3 nitrogen and oxygen atoms in total. The van der Waals surface area contributed by atoms with Gasteiger partial charge in [-0.3, -0.25) is 0 Å². The fourth-order valence-electron chi connectivity index (χ4n) is 1.98. The monoisotopic (exact) mass is 316 g/mol. The van der Waals surface area contributed by atoms with Crippen LogP contribution in [0, 0.1) is 0 Å². The van der Waals surface area contributed by atoms with E-state index < -0.39 is 0 Å². The predicted octanol–water partition coefficient (Wildman–Crippen LogP) is 4.52. The third-order valence-electron chi connectivity index (χ3n) is 3.11. The van der Waals surface area contributed by atoms with Crippen LogP contribution in [0.2, 0.25) is 10.0 Å². The van der Waals surface area contributed by atoms with Crippen LogP contribution in [-0.2, 0) is 15.9 Å². The SMILES string of the molecule is O/C(=C\Cc1ccc(Cl)c(Cl)c1)COC1CCCCO1. The Bertz CT molecular complexity index is 468. The topological polar surface area (TPSA) is 38.7 Å². The van der Waals surface area contributed by atoms with E-state index in [0.717, 1.165) is 31.4 Å². The third kappa shape index (κ3) is 4.98. The Morgan fingerprint density at radius 1 is 1.35 bits per heavy atom. The summed E-state index contributed by atoms with van der Waals surface area (Å²) in [4.78, 5) is 0. The molecule has 1 fully saturated rings. The van der Waals surface area contributed by atoms with Crippen molar-refractivity contribution in [1.29, 1.82) is 0 Å². The lowest BCUT2D eigenvalue weighted by molar-refractivity contribution is -0.160. The maximum absolute atomic E-state index is 9.79. The number of ether oxygens (including phenoxy) is 2. The Kier molecular flexibility index (Phi) is 6.17. The second kappa shape index (κ2) is 7.89. The molecule has 1 unspecified atom stereocenters. The molecule has 1 atom stereocenters. The van der Waals surface area contributed by atoms with Gasteiger partial charge in [0.2, 0.25) is 0 Å². The van der Waals surface area contributed by atoms with Crippen molar-refractivity contribution in [2.75, 3.05) is 13.2 Å². The second-order valence-corrected chi connectivity index (χ2v) is 5.57. The average Bonchev–Trinajstić information content (AvgIpc) is 2.47. The Hall–Kier alpha value is -0.740.